The quantitative estimate of drug-likeness (QED) is 0.378. The highest BCUT2D eigenvalue weighted by Crippen LogP contribution is 2.33. The number of hydrogen-bond donors (Lipinski definition) is 0. The molecular weight excluding hydrogens is 396 g/mol. The van der Waals surface area contributed by atoms with Gasteiger partial charge in [-0.05, 0) is 54.6 Å². The summed E-state index contributed by atoms with van der Waals surface area (Å²) in [6, 6.07) is 18.8. The molecule has 6 heteroatoms. The molecule has 6 heterocycles. The minimum atomic E-state index is 0.960. The molecule has 0 unspecified atom stereocenters. The van der Waals surface area contributed by atoms with E-state index in [0.29, 0.717) is 0 Å². The zero-order valence-corrected chi connectivity index (χ0v) is 16.9. The molecule has 0 amide bonds. The Morgan fingerprint density at radius 3 is 1.56 bits per heavy atom. The molecule has 1 aromatic carbocycles. The third kappa shape index (κ3) is 2.29. The zero-order chi connectivity index (χ0) is 21.1. The fraction of sp³-hybridized carbons (Fsp3) is 0. The summed E-state index contributed by atoms with van der Waals surface area (Å²) >= 11 is 0. The summed E-state index contributed by atoms with van der Waals surface area (Å²) < 4.78 is 4.50. The lowest BCUT2D eigenvalue weighted by Gasteiger charge is -2.11. The van der Waals surface area contributed by atoms with Crippen LogP contribution in [0.2, 0.25) is 0 Å². The number of rotatable bonds is 2. The molecule has 0 saturated carbocycles. The molecule has 150 valence electrons. The van der Waals surface area contributed by atoms with Crippen LogP contribution in [-0.4, -0.2) is 29.1 Å². The average Bonchev–Trinajstić information content (AvgIpc) is 3.38. The van der Waals surface area contributed by atoms with Gasteiger partial charge < -0.3 is 9.13 Å². The van der Waals surface area contributed by atoms with Crippen molar-refractivity contribution in [3.05, 3.63) is 98.0 Å². The Bertz CT molecular complexity index is 1540. The van der Waals surface area contributed by atoms with Gasteiger partial charge in [-0.2, -0.15) is 0 Å². The van der Waals surface area contributed by atoms with E-state index in [-0.39, 0.29) is 0 Å². The van der Waals surface area contributed by atoms with Crippen LogP contribution in [0.1, 0.15) is 0 Å². The second kappa shape index (κ2) is 6.46. The molecule has 7 rings (SSSR count). The first-order valence-electron chi connectivity index (χ1n) is 10.4. The number of aromatic nitrogens is 6. The van der Waals surface area contributed by atoms with Crippen molar-refractivity contribution in [2.45, 2.75) is 0 Å². The predicted octanol–water partition coefficient (Wildman–Crippen LogP) is 5.46. The van der Waals surface area contributed by atoms with Gasteiger partial charge in [-0.25, -0.2) is 0 Å². The Morgan fingerprint density at radius 2 is 0.969 bits per heavy atom. The van der Waals surface area contributed by atoms with E-state index in [1.54, 1.807) is 0 Å². The summed E-state index contributed by atoms with van der Waals surface area (Å²) in [5, 5.41) is 3.25. The summed E-state index contributed by atoms with van der Waals surface area (Å²) in [6.07, 6.45) is 13.0. The monoisotopic (exact) mass is 412 g/mol. The van der Waals surface area contributed by atoms with Gasteiger partial charge in [-0.1, -0.05) is 0 Å². The van der Waals surface area contributed by atoms with Gasteiger partial charge in [0, 0.05) is 70.9 Å². The largest absolute Gasteiger partial charge is 0.309 e. The van der Waals surface area contributed by atoms with Crippen molar-refractivity contribution in [1.29, 1.82) is 0 Å². The van der Waals surface area contributed by atoms with Crippen molar-refractivity contribution in [2.24, 2.45) is 0 Å². The first-order chi connectivity index (χ1) is 15.9. The molecule has 0 spiro atoms. The van der Waals surface area contributed by atoms with Crippen LogP contribution in [-0.2, 0) is 0 Å². The smallest absolute Gasteiger partial charge is 0.0978 e. The number of benzene rings is 1. The second-order valence-corrected chi connectivity index (χ2v) is 7.74. The number of fused-ring (bicyclic) bond motifs is 6. The van der Waals surface area contributed by atoms with Crippen molar-refractivity contribution in [3.8, 4) is 11.4 Å². The van der Waals surface area contributed by atoms with Gasteiger partial charge in [0.1, 0.15) is 0 Å². The van der Waals surface area contributed by atoms with Crippen molar-refractivity contribution in [2.75, 3.05) is 0 Å². The van der Waals surface area contributed by atoms with E-state index in [1.807, 2.05) is 55.5 Å². The van der Waals surface area contributed by atoms with Crippen LogP contribution in [0.5, 0.6) is 0 Å². The van der Waals surface area contributed by atoms with Crippen LogP contribution in [0.25, 0.3) is 55.1 Å². The highest BCUT2D eigenvalue weighted by atomic mass is 15.0. The first-order valence-corrected chi connectivity index (χ1v) is 10.4. The molecule has 0 N–H and O–H groups in total. The normalized spacial score (nSPS) is 11.8. The van der Waals surface area contributed by atoms with E-state index in [9.17, 15) is 0 Å². The van der Waals surface area contributed by atoms with Gasteiger partial charge in [0.05, 0.1) is 27.6 Å². The van der Waals surface area contributed by atoms with Crippen molar-refractivity contribution in [1.82, 2.24) is 29.1 Å². The maximum absolute atomic E-state index is 4.61. The van der Waals surface area contributed by atoms with Crippen LogP contribution < -0.4 is 0 Å². The summed E-state index contributed by atoms with van der Waals surface area (Å²) in [6.45, 7) is 0. The molecule has 0 saturated heterocycles. The fourth-order valence-electron chi connectivity index (χ4n) is 4.70. The second-order valence-electron chi connectivity index (χ2n) is 7.74. The minimum absolute atomic E-state index is 0.960. The van der Waals surface area contributed by atoms with Crippen LogP contribution >= 0.6 is 0 Å². The molecule has 6 nitrogen and oxygen atoms in total. The molecule has 0 radical (unpaired) electrons. The molecule has 32 heavy (non-hydrogen) atoms. The highest BCUT2D eigenvalue weighted by molar-refractivity contribution is 6.08. The predicted molar refractivity (Wildman–Crippen MR) is 126 cm³/mol. The lowest BCUT2D eigenvalue weighted by atomic mass is 10.2. The standard InChI is InChI=1S/C26H16N6/c1-2-25-26(30-10-1)21-16-29-13-9-24(21)32(25)18-5-3-17(4-6-18)31-22-7-11-27-14-19(22)20-15-28-12-8-23(20)31/h1-16H. The van der Waals surface area contributed by atoms with E-state index in [4.69, 9.17) is 0 Å². The number of nitrogens with zero attached hydrogens (tertiary/aromatic N) is 6. The van der Waals surface area contributed by atoms with Gasteiger partial charge in [-0.3, -0.25) is 19.9 Å². The molecule has 0 atom stereocenters. The average molecular weight is 412 g/mol. The zero-order valence-electron chi connectivity index (χ0n) is 16.9. The number of hydrogen-bond acceptors (Lipinski definition) is 4. The number of pyridine rings is 4. The Labute approximate surface area is 182 Å². The first kappa shape index (κ1) is 17.1. The molecule has 7 aromatic rings. The van der Waals surface area contributed by atoms with Crippen LogP contribution in [0.15, 0.2) is 98.0 Å². The maximum Gasteiger partial charge on any atom is 0.0978 e. The highest BCUT2D eigenvalue weighted by Gasteiger charge is 2.15. The van der Waals surface area contributed by atoms with Crippen molar-refractivity contribution < 1.29 is 0 Å². The van der Waals surface area contributed by atoms with E-state index >= 15 is 0 Å². The topological polar surface area (TPSA) is 61.4 Å². The van der Waals surface area contributed by atoms with Gasteiger partial charge in [0.2, 0.25) is 0 Å². The Hall–Kier alpha value is -4.58. The van der Waals surface area contributed by atoms with E-state index < -0.39 is 0 Å². The lowest BCUT2D eigenvalue weighted by molar-refractivity contribution is 1.14. The SMILES string of the molecule is c1cnc2c3cnccc3n(-c3ccc(-n4c5ccncc5c5cnccc54)cc3)c2c1. The van der Waals surface area contributed by atoms with Crippen molar-refractivity contribution in [3.63, 3.8) is 0 Å². The van der Waals surface area contributed by atoms with E-state index in [0.717, 1.165) is 55.1 Å². The van der Waals surface area contributed by atoms with Gasteiger partial charge in [0.15, 0.2) is 0 Å². The van der Waals surface area contributed by atoms with Crippen LogP contribution in [0.4, 0.5) is 0 Å². The third-order valence-corrected chi connectivity index (χ3v) is 6.06. The fourth-order valence-corrected chi connectivity index (χ4v) is 4.70. The molecular formula is C26H16N6. The Balaban J connectivity index is 1.47. The molecule has 0 bridgehead atoms. The molecule has 6 aromatic heterocycles. The lowest BCUT2D eigenvalue weighted by Crippen LogP contribution is -1.97. The summed E-state index contributed by atoms with van der Waals surface area (Å²) in [5.41, 5.74) is 7.52. The molecule has 0 aliphatic heterocycles. The third-order valence-electron chi connectivity index (χ3n) is 6.06. The summed E-state index contributed by atoms with van der Waals surface area (Å²) in [4.78, 5) is 17.6. The van der Waals surface area contributed by atoms with Crippen LogP contribution in [0.3, 0.4) is 0 Å². The summed E-state index contributed by atoms with van der Waals surface area (Å²) in [5.74, 6) is 0. The summed E-state index contributed by atoms with van der Waals surface area (Å²) in [7, 11) is 0. The molecule has 0 aliphatic rings. The Morgan fingerprint density at radius 1 is 0.469 bits per heavy atom. The van der Waals surface area contributed by atoms with Crippen molar-refractivity contribution >= 4 is 43.7 Å². The van der Waals surface area contributed by atoms with Crippen LogP contribution in [0, 0.1) is 0 Å². The Kier molecular flexibility index (Phi) is 3.46. The minimum Gasteiger partial charge on any atom is -0.309 e. The van der Waals surface area contributed by atoms with E-state index in [2.05, 4.69) is 71.5 Å². The molecule has 0 aliphatic carbocycles. The molecule has 0 fully saturated rings. The van der Waals surface area contributed by atoms with Gasteiger partial charge in [0.25, 0.3) is 0 Å². The van der Waals surface area contributed by atoms with Gasteiger partial charge >= 0.3 is 0 Å². The van der Waals surface area contributed by atoms with E-state index in [1.165, 1.54) is 0 Å². The maximum atomic E-state index is 4.61. The van der Waals surface area contributed by atoms with Gasteiger partial charge in [-0.15, -0.1) is 0 Å².